The standard InChI is InChI=1S/C117H84N6Si4/c1-13-44-87(45-14-1)124(88-46-15-2-16-47-88,89-48-17-3-18-49-89)99-72-76-111-105(81-99)106-82-100(125(90-50-19-4-20-51-90,91-52-21-5-22-53-91)92-54-23-6-24-55-92)73-77-112(106)122(111)116-118-115(85-42-41-43-86(80-85)121-109-70-39-37-68-103(109)104-69-38-40-71-110(104)121)119-117(120-116)123-113-78-74-101(126(93-56-25-7-26-57-93,94-58-27-8-28-59-94)95-60-29-9-30-61-95)83-107(113)108-84-102(75-79-114(108)123)127(96-62-31-10-32-63-96,97-64-33-11-34-65-97)98-66-35-12-36-67-98/h1-84H. The van der Waals surface area contributed by atoms with Gasteiger partial charge in [-0.1, -0.05) is 461 Å². The Morgan fingerprint density at radius 3 is 0.575 bits per heavy atom. The van der Waals surface area contributed by atoms with Crippen molar-refractivity contribution in [3.05, 3.63) is 510 Å². The molecule has 0 spiro atoms. The minimum Gasteiger partial charge on any atom is -0.309 e. The molecule has 0 saturated carbocycles. The zero-order valence-corrected chi connectivity index (χ0v) is 73.7. The highest BCUT2D eigenvalue weighted by atomic mass is 28.3. The van der Waals surface area contributed by atoms with Crippen LogP contribution in [0.4, 0.5) is 0 Å². The Morgan fingerprint density at radius 2 is 0.346 bits per heavy atom. The molecule has 0 atom stereocenters. The fourth-order valence-corrected chi connectivity index (χ4v) is 40.4. The van der Waals surface area contributed by atoms with Gasteiger partial charge in [0.15, 0.2) is 38.1 Å². The van der Waals surface area contributed by atoms with Crippen LogP contribution in [0.25, 0.3) is 94.4 Å². The second-order valence-electron chi connectivity index (χ2n) is 33.2. The molecule has 0 radical (unpaired) electrons. The Morgan fingerprint density at radius 1 is 0.142 bits per heavy atom. The number of fused-ring (bicyclic) bond motifs is 9. The number of hydrogen-bond donors (Lipinski definition) is 0. The van der Waals surface area contributed by atoms with Gasteiger partial charge in [0, 0.05) is 43.6 Å². The maximum atomic E-state index is 6.19. The summed E-state index contributed by atoms with van der Waals surface area (Å²) >= 11 is 0. The molecule has 0 N–H and O–H groups in total. The molecular weight excluding hydrogens is 1600 g/mol. The first-order valence-electron chi connectivity index (χ1n) is 43.7. The van der Waals surface area contributed by atoms with E-state index < -0.39 is 32.3 Å². The summed E-state index contributed by atoms with van der Waals surface area (Å²) in [6.07, 6.45) is 0. The molecule has 4 heterocycles. The van der Waals surface area contributed by atoms with E-state index in [-0.39, 0.29) is 0 Å². The van der Waals surface area contributed by atoms with Crippen LogP contribution in [0, 0.1) is 0 Å². The van der Waals surface area contributed by atoms with E-state index in [2.05, 4.69) is 523 Å². The summed E-state index contributed by atoms with van der Waals surface area (Å²) in [5, 5.41) is 27.3. The third-order valence-electron chi connectivity index (χ3n) is 26.7. The van der Waals surface area contributed by atoms with Gasteiger partial charge in [0.25, 0.3) is 0 Å². The van der Waals surface area contributed by atoms with E-state index in [1.807, 2.05) is 0 Å². The van der Waals surface area contributed by atoms with Gasteiger partial charge in [-0.05, 0) is 132 Å². The maximum absolute atomic E-state index is 6.19. The van der Waals surface area contributed by atoms with E-state index >= 15 is 0 Å². The Kier molecular flexibility index (Phi) is 19.2. The molecule has 23 rings (SSSR count). The molecule has 0 aliphatic carbocycles. The molecule has 127 heavy (non-hydrogen) atoms. The van der Waals surface area contributed by atoms with Gasteiger partial charge in [-0.25, -0.2) is 0 Å². The van der Waals surface area contributed by atoms with E-state index in [0.29, 0.717) is 17.7 Å². The molecule has 0 aliphatic rings. The fourth-order valence-electron chi connectivity index (χ4n) is 21.3. The number of hydrogen-bond acceptors (Lipinski definition) is 3. The lowest BCUT2D eigenvalue weighted by Crippen LogP contribution is -2.74. The van der Waals surface area contributed by atoms with Gasteiger partial charge in [0.05, 0.1) is 33.1 Å². The quantitative estimate of drug-likeness (QED) is 0.0564. The second kappa shape index (κ2) is 32.0. The highest BCUT2D eigenvalue weighted by molar-refractivity contribution is 7.22. The van der Waals surface area contributed by atoms with Crippen molar-refractivity contribution in [2.75, 3.05) is 0 Å². The minimum atomic E-state index is -3.19. The van der Waals surface area contributed by atoms with Gasteiger partial charge >= 0.3 is 0 Å². The van der Waals surface area contributed by atoms with Crippen molar-refractivity contribution < 1.29 is 0 Å². The predicted octanol–water partition coefficient (Wildman–Crippen LogP) is 16.3. The summed E-state index contributed by atoms with van der Waals surface area (Å²) in [6.45, 7) is 0. The second-order valence-corrected chi connectivity index (χ2v) is 48.4. The molecule has 598 valence electrons. The third kappa shape index (κ3) is 12.3. The fraction of sp³-hybridized carbons (Fsp3) is 0. The van der Waals surface area contributed by atoms with Crippen LogP contribution < -0.4 is 83.0 Å². The number of benzene rings is 19. The van der Waals surface area contributed by atoms with Gasteiger partial charge < -0.3 is 4.57 Å². The molecule has 0 aliphatic heterocycles. The van der Waals surface area contributed by atoms with Crippen molar-refractivity contribution in [2.24, 2.45) is 0 Å². The average Bonchev–Trinajstić information content (AvgIpc) is 1.60. The molecule has 0 unspecified atom stereocenters. The molecule has 4 aromatic heterocycles. The summed E-state index contributed by atoms with van der Waals surface area (Å²) in [4.78, 5) is 18.3. The molecular formula is C117H84N6Si4. The van der Waals surface area contributed by atoms with Crippen LogP contribution in [0.3, 0.4) is 0 Å². The number of rotatable bonds is 20. The van der Waals surface area contributed by atoms with Crippen LogP contribution in [0.1, 0.15) is 0 Å². The Balaban J connectivity index is 0.860. The van der Waals surface area contributed by atoms with Crippen molar-refractivity contribution in [1.29, 1.82) is 0 Å². The molecule has 19 aromatic carbocycles. The Labute approximate surface area is 742 Å². The number of aromatic nitrogens is 6. The summed E-state index contributed by atoms with van der Waals surface area (Å²) in [5.41, 5.74) is 7.91. The zero-order valence-electron chi connectivity index (χ0n) is 69.7. The molecule has 0 bridgehead atoms. The third-order valence-corrected chi connectivity index (χ3v) is 45.8. The van der Waals surface area contributed by atoms with E-state index in [0.717, 1.165) is 65.9 Å². The largest absolute Gasteiger partial charge is 0.309 e. The van der Waals surface area contributed by atoms with E-state index in [1.54, 1.807) is 0 Å². The van der Waals surface area contributed by atoms with Gasteiger partial charge in [-0.15, -0.1) is 0 Å². The number of para-hydroxylation sites is 2. The summed E-state index contributed by atoms with van der Waals surface area (Å²) in [5.74, 6) is 1.48. The smallest absolute Gasteiger partial charge is 0.240 e. The van der Waals surface area contributed by atoms with Crippen molar-refractivity contribution in [3.63, 3.8) is 0 Å². The molecule has 0 fully saturated rings. The van der Waals surface area contributed by atoms with Gasteiger partial charge in [-0.2, -0.15) is 15.0 Å². The molecule has 23 aromatic rings. The maximum Gasteiger partial charge on any atom is 0.240 e. The van der Waals surface area contributed by atoms with E-state index in [4.69, 9.17) is 15.0 Å². The molecule has 0 amide bonds. The molecule has 6 nitrogen and oxygen atoms in total. The van der Waals surface area contributed by atoms with Crippen LogP contribution in [0.2, 0.25) is 0 Å². The highest BCUT2D eigenvalue weighted by Crippen LogP contribution is 2.38. The van der Waals surface area contributed by atoms with Crippen molar-refractivity contribution in [2.45, 2.75) is 0 Å². The van der Waals surface area contributed by atoms with Crippen molar-refractivity contribution >= 4 is 181 Å². The van der Waals surface area contributed by atoms with Crippen LogP contribution in [0.15, 0.2) is 510 Å². The van der Waals surface area contributed by atoms with Gasteiger partial charge in [-0.3, -0.25) is 9.13 Å². The van der Waals surface area contributed by atoms with Crippen LogP contribution in [-0.2, 0) is 0 Å². The summed E-state index contributed by atoms with van der Waals surface area (Å²) in [6, 6.07) is 192. The monoisotopic (exact) mass is 1680 g/mol. The molecule has 10 heteroatoms. The Bertz CT molecular complexity index is 6770. The Hall–Kier alpha value is -15.5. The zero-order chi connectivity index (χ0) is 84.3. The normalized spacial score (nSPS) is 12.1. The lowest BCUT2D eigenvalue weighted by atomic mass is 10.1. The van der Waals surface area contributed by atoms with Gasteiger partial charge in [0.1, 0.15) is 0 Å². The summed E-state index contributed by atoms with van der Waals surface area (Å²) < 4.78 is 7.11. The first kappa shape index (κ1) is 76.4. The topological polar surface area (TPSA) is 53.5 Å². The van der Waals surface area contributed by atoms with E-state index in [9.17, 15) is 0 Å². The van der Waals surface area contributed by atoms with Crippen molar-refractivity contribution in [1.82, 2.24) is 28.7 Å². The lowest BCUT2D eigenvalue weighted by molar-refractivity contribution is 0.893. The van der Waals surface area contributed by atoms with Crippen molar-refractivity contribution in [3.8, 4) is 29.0 Å². The first-order chi connectivity index (χ1) is 63.0. The highest BCUT2D eigenvalue weighted by Gasteiger charge is 2.47. The van der Waals surface area contributed by atoms with Crippen LogP contribution in [0.5, 0.6) is 0 Å². The minimum absolute atomic E-state index is 0.480. The SMILES string of the molecule is c1ccc([Si](c2ccccc2)(c2ccccc2)c2ccc3c(c2)c2cc([Si](c4ccccc4)(c4ccccc4)c4ccccc4)ccc2n3-c2nc(-c3cccc(-n4c5ccccc5c5ccccc54)c3)nc(-n3c4ccc([Si](c5ccccc5)(c5ccccc5)c5ccccc5)cc4c4cc([Si](c5ccccc5)(c5ccccc5)c5ccccc5)ccc43)n2)cc1. The first-order valence-corrected chi connectivity index (χ1v) is 51.7. The average molecular weight is 1690 g/mol. The summed E-state index contributed by atoms with van der Waals surface area (Å²) in [7, 11) is -12.7. The predicted molar refractivity (Wildman–Crippen MR) is 543 cm³/mol. The van der Waals surface area contributed by atoms with Crippen LogP contribution >= 0.6 is 0 Å². The van der Waals surface area contributed by atoms with Crippen LogP contribution in [-0.4, -0.2) is 60.9 Å². The van der Waals surface area contributed by atoms with Gasteiger partial charge in [0.2, 0.25) is 11.9 Å². The molecule has 0 saturated heterocycles. The van der Waals surface area contributed by atoms with E-state index in [1.165, 1.54) is 93.8 Å². The number of nitrogens with zero attached hydrogens (tertiary/aromatic N) is 6. The lowest BCUT2D eigenvalue weighted by Gasteiger charge is -2.34.